The third-order valence-electron chi connectivity index (χ3n) is 2.72. The van der Waals surface area contributed by atoms with Crippen LogP contribution < -0.4 is 10.2 Å². The maximum Gasteiger partial charge on any atom is 0.245 e. The first-order chi connectivity index (χ1) is 8.33. The predicted molar refractivity (Wildman–Crippen MR) is 65.0 cm³/mol. The second-order valence-electron chi connectivity index (χ2n) is 4.07. The largest absolute Gasteiger partial charge is 0.337 e. The van der Waals surface area contributed by atoms with E-state index in [1.807, 2.05) is 0 Å². The van der Waals surface area contributed by atoms with Gasteiger partial charge in [0.15, 0.2) is 5.82 Å². The molecule has 2 aromatic heterocycles. The number of nitrogens with zero attached hydrogens (tertiary/aromatic N) is 5. The Labute approximate surface area is 102 Å². The molecule has 0 aliphatic carbocycles. The highest BCUT2D eigenvalue weighted by atomic mass is 32.1. The Hall–Kier alpha value is -1.54. The van der Waals surface area contributed by atoms with Gasteiger partial charge in [0.25, 0.3) is 0 Å². The monoisotopic (exact) mass is 251 g/mol. The van der Waals surface area contributed by atoms with E-state index in [2.05, 4.69) is 41.9 Å². The second kappa shape index (κ2) is 4.38. The first-order valence-electron chi connectivity index (χ1n) is 5.51. The number of hydrogen-bond acceptors (Lipinski definition) is 7. The first kappa shape index (κ1) is 10.6. The van der Waals surface area contributed by atoms with Crippen LogP contribution in [0.3, 0.4) is 0 Å². The van der Waals surface area contributed by atoms with Crippen LogP contribution >= 0.6 is 11.5 Å². The highest BCUT2D eigenvalue weighted by Gasteiger charge is 2.19. The summed E-state index contributed by atoms with van der Waals surface area (Å²) in [5.74, 6) is 1.49. The fourth-order valence-corrected chi connectivity index (χ4v) is 2.34. The Balaban J connectivity index is 1.80. The topological polar surface area (TPSA) is 82.6 Å². The van der Waals surface area contributed by atoms with Crippen LogP contribution in [0.4, 0.5) is 5.95 Å². The number of rotatable bonds is 2. The summed E-state index contributed by atoms with van der Waals surface area (Å²) in [5, 5.41) is 14.4. The second-order valence-corrected chi connectivity index (χ2v) is 4.85. The Morgan fingerprint density at radius 1 is 1.53 bits per heavy atom. The summed E-state index contributed by atoms with van der Waals surface area (Å²) >= 11 is 1.31. The Morgan fingerprint density at radius 3 is 3.24 bits per heavy atom. The van der Waals surface area contributed by atoms with E-state index in [1.165, 1.54) is 11.5 Å². The highest BCUT2D eigenvalue weighted by molar-refractivity contribution is 7.09. The van der Waals surface area contributed by atoms with Gasteiger partial charge in [0.05, 0.1) is 6.20 Å². The summed E-state index contributed by atoms with van der Waals surface area (Å²) in [4.78, 5) is 7.56. The van der Waals surface area contributed by atoms with Gasteiger partial charge in [-0.05, 0) is 18.5 Å². The van der Waals surface area contributed by atoms with E-state index in [9.17, 15) is 0 Å². The van der Waals surface area contributed by atoms with Crippen LogP contribution in [0.2, 0.25) is 0 Å². The minimum atomic E-state index is 0.468. The molecule has 1 aliphatic rings. The minimum Gasteiger partial charge on any atom is -0.337 e. The SMILES string of the molecule is C[C@@H]1CN(c2n[nH]c(-c3cnns3)n2)CCN1. The summed E-state index contributed by atoms with van der Waals surface area (Å²) in [5.41, 5.74) is 0. The molecule has 1 saturated heterocycles. The van der Waals surface area contributed by atoms with Gasteiger partial charge in [-0.25, -0.2) is 0 Å². The lowest BCUT2D eigenvalue weighted by molar-refractivity contribution is 0.480. The van der Waals surface area contributed by atoms with Crippen molar-refractivity contribution in [3.63, 3.8) is 0 Å². The summed E-state index contributed by atoms with van der Waals surface area (Å²) in [6.07, 6.45) is 1.69. The number of aromatic nitrogens is 5. The fraction of sp³-hybridized carbons (Fsp3) is 0.556. The lowest BCUT2D eigenvalue weighted by Gasteiger charge is -2.30. The molecule has 0 amide bonds. The molecular formula is C9H13N7S. The smallest absolute Gasteiger partial charge is 0.245 e. The van der Waals surface area contributed by atoms with Crippen LogP contribution in [0.25, 0.3) is 10.7 Å². The van der Waals surface area contributed by atoms with Crippen molar-refractivity contribution in [3.8, 4) is 10.7 Å². The number of piperazine rings is 1. The average Bonchev–Trinajstić information content (AvgIpc) is 3.00. The van der Waals surface area contributed by atoms with E-state index in [0.717, 1.165) is 36.3 Å². The maximum absolute atomic E-state index is 4.47. The standard InChI is InChI=1S/C9H13N7S/c1-6-5-16(3-2-10-6)9-12-8(13-14-9)7-4-11-15-17-7/h4,6,10H,2-3,5H2,1H3,(H,12,13,14)/t6-/m1/s1. The zero-order valence-electron chi connectivity index (χ0n) is 9.42. The molecule has 0 aromatic carbocycles. The molecule has 90 valence electrons. The van der Waals surface area contributed by atoms with Crippen molar-refractivity contribution in [2.45, 2.75) is 13.0 Å². The molecule has 1 aliphatic heterocycles. The first-order valence-corrected chi connectivity index (χ1v) is 6.29. The summed E-state index contributed by atoms with van der Waals surface area (Å²) in [7, 11) is 0. The number of H-pyrrole nitrogens is 1. The van der Waals surface area contributed by atoms with Crippen molar-refractivity contribution >= 4 is 17.5 Å². The molecule has 0 unspecified atom stereocenters. The minimum absolute atomic E-state index is 0.468. The van der Waals surface area contributed by atoms with Gasteiger partial charge in [-0.1, -0.05) is 4.49 Å². The molecule has 2 N–H and O–H groups in total. The molecule has 3 heterocycles. The molecule has 7 nitrogen and oxygen atoms in total. The molecular weight excluding hydrogens is 238 g/mol. The molecule has 0 radical (unpaired) electrons. The van der Waals surface area contributed by atoms with Crippen LogP contribution in [0.15, 0.2) is 6.20 Å². The van der Waals surface area contributed by atoms with Crippen molar-refractivity contribution in [2.75, 3.05) is 24.5 Å². The number of nitrogens with one attached hydrogen (secondary N) is 2. The summed E-state index contributed by atoms with van der Waals surface area (Å²) < 4.78 is 3.81. The Bertz CT molecular complexity index is 479. The quantitative estimate of drug-likeness (QED) is 0.789. The van der Waals surface area contributed by atoms with Gasteiger partial charge < -0.3 is 10.2 Å². The third-order valence-corrected chi connectivity index (χ3v) is 3.39. The fourth-order valence-electron chi connectivity index (χ4n) is 1.89. The number of anilines is 1. The van der Waals surface area contributed by atoms with Crippen LogP contribution in [0, 0.1) is 0 Å². The molecule has 0 saturated carbocycles. The molecule has 0 bridgehead atoms. The van der Waals surface area contributed by atoms with Crippen molar-refractivity contribution in [1.82, 2.24) is 30.1 Å². The van der Waals surface area contributed by atoms with Crippen LogP contribution in [-0.4, -0.2) is 50.4 Å². The zero-order valence-corrected chi connectivity index (χ0v) is 10.2. The van der Waals surface area contributed by atoms with Crippen molar-refractivity contribution in [3.05, 3.63) is 6.20 Å². The van der Waals surface area contributed by atoms with Crippen LogP contribution in [-0.2, 0) is 0 Å². The highest BCUT2D eigenvalue weighted by Crippen LogP contribution is 2.19. The average molecular weight is 251 g/mol. The molecule has 3 rings (SSSR count). The van der Waals surface area contributed by atoms with Gasteiger partial charge in [0.1, 0.15) is 4.88 Å². The molecule has 1 atom stereocenters. The van der Waals surface area contributed by atoms with Gasteiger partial charge >= 0.3 is 0 Å². The molecule has 8 heteroatoms. The number of aromatic amines is 1. The van der Waals surface area contributed by atoms with E-state index in [4.69, 9.17) is 0 Å². The van der Waals surface area contributed by atoms with Crippen molar-refractivity contribution in [2.24, 2.45) is 0 Å². The van der Waals surface area contributed by atoms with Gasteiger partial charge in [0, 0.05) is 25.7 Å². The van der Waals surface area contributed by atoms with Gasteiger partial charge in [-0.2, -0.15) is 4.98 Å². The van der Waals surface area contributed by atoms with E-state index < -0.39 is 0 Å². The van der Waals surface area contributed by atoms with Gasteiger partial charge in [0.2, 0.25) is 5.95 Å². The van der Waals surface area contributed by atoms with Gasteiger partial charge in [-0.15, -0.1) is 10.2 Å². The number of hydrogen-bond donors (Lipinski definition) is 2. The molecule has 2 aromatic rings. The normalized spacial score (nSPS) is 20.8. The molecule has 1 fully saturated rings. The lowest BCUT2D eigenvalue weighted by Crippen LogP contribution is -2.49. The van der Waals surface area contributed by atoms with E-state index in [0.29, 0.717) is 6.04 Å². The third kappa shape index (κ3) is 2.13. The van der Waals surface area contributed by atoms with E-state index in [-0.39, 0.29) is 0 Å². The Kier molecular flexibility index (Phi) is 2.73. The molecule has 0 spiro atoms. The van der Waals surface area contributed by atoms with Crippen LogP contribution in [0.1, 0.15) is 6.92 Å². The van der Waals surface area contributed by atoms with Gasteiger partial charge in [-0.3, -0.25) is 5.10 Å². The lowest BCUT2D eigenvalue weighted by atomic mass is 10.2. The van der Waals surface area contributed by atoms with Crippen molar-refractivity contribution < 1.29 is 0 Å². The zero-order chi connectivity index (χ0) is 11.7. The summed E-state index contributed by atoms with van der Waals surface area (Å²) in [6, 6.07) is 0.468. The van der Waals surface area contributed by atoms with Crippen LogP contribution in [0.5, 0.6) is 0 Å². The maximum atomic E-state index is 4.47. The Morgan fingerprint density at radius 2 is 2.47 bits per heavy atom. The predicted octanol–water partition coefficient (Wildman–Crippen LogP) is 0.121. The molecule has 17 heavy (non-hydrogen) atoms. The summed E-state index contributed by atoms with van der Waals surface area (Å²) in [6.45, 7) is 4.99. The van der Waals surface area contributed by atoms with Crippen molar-refractivity contribution in [1.29, 1.82) is 0 Å². The van der Waals surface area contributed by atoms with E-state index in [1.54, 1.807) is 6.20 Å². The van der Waals surface area contributed by atoms with E-state index >= 15 is 0 Å².